The molecule has 0 saturated carbocycles. The van der Waals surface area contributed by atoms with Crippen LogP contribution in [0.15, 0.2) is 59.9 Å². The molecule has 0 bridgehead atoms. The number of hydrogen-bond donors (Lipinski definition) is 3. The van der Waals surface area contributed by atoms with Gasteiger partial charge in [-0.05, 0) is 42.3 Å². The van der Waals surface area contributed by atoms with Crippen molar-refractivity contribution in [3.8, 4) is 0 Å². The largest absolute Gasteiger partial charge is 0.388 e. The summed E-state index contributed by atoms with van der Waals surface area (Å²) in [7, 11) is 0. The summed E-state index contributed by atoms with van der Waals surface area (Å²) in [5, 5.41) is 11.9. The van der Waals surface area contributed by atoms with Gasteiger partial charge >= 0.3 is 0 Å². The number of carbonyl (C=O) groups is 1. The quantitative estimate of drug-likeness (QED) is 0.490. The molecule has 2 aromatic carbocycles. The summed E-state index contributed by atoms with van der Waals surface area (Å²) < 4.78 is 116. The number of nitrogens with zero attached hydrogens (tertiary/aromatic N) is 1. The van der Waals surface area contributed by atoms with E-state index in [1.165, 1.54) is 30.3 Å². The Morgan fingerprint density at radius 2 is 2.07 bits per heavy atom. The Kier molecular flexibility index (Phi) is 3.13. The van der Waals surface area contributed by atoms with E-state index in [9.17, 15) is 9.90 Å². The molecule has 1 atom stereocenters. The number of benzene rings is 2. The molecule has 0 aliphatic rings. The normalized spacial score (nSPS) is 22.3. The third-order valence-corrected chi connectivity index (χ3v) is 3.77. The fourth-order valence-electron chi connectivity index (χ4n) is 1.96. The minimum Gasteiger partial charge on any atom is -0.388 e. The summed E-state index contributed by atoms with van der Waals surface area (Å²) in [4.78, 5) is 16.4. The van der Waals surface area contributed by atoms with E-state index in [4.69, 9.17) is 24.9 Å². The average Bonchev–Trinajstić information content (AvgIpc) is 3.23. The van der Waals surface area contributed by atoms with Gasteiger partial charge in [0.15, 0.2) is 5.13 Å². The van der Waals surface area contributed by atoms with Gasteiger partial charge in [0, 0.05) is 22.0 Å². The molecule has 28 heavy (non-hydrogen) atoms. The summed E-state index contributed by atoms with van der Waals surface area (Å²) in [5.41, 5.74) is 2.57. The highest BCUT2D eigenvalue weighted by atomic mass is 32.1. The minimum absolute atomic E-state index is 0.200. The van der Waals surface area contributed by atoms with Crippen LogP contribution in [0.2, 0.25) is 0 Å². The van der Waals surface area contributed by atoms with Gasteiger partial charge < -0.3 is 16.2 Å². The Balaban J connectivity index is 2.03. The maximum atomic E-state index is 12.8. The molecule has 0 saturated heterocycles. The Labute approximate surface area is 188 Å². The zero-order valence-corrected chi connectivity index (χ0v) is 15.2. The van der Waals surface area contributed by atoms with Crippen molar-refractivity contribution in [2.24, 2.45) is 0 Å². The second-order valence-electron chi connectivity index (χ2n) is 5.20. The first-order valence-corrected chi connectivity index (χ1v) is 8.76. The van der Waals surface area contributed by atoms with E-state index >= 15 is 0 Å². The molecule has 3 aromatic rings. The van der Waals surface area contributed by atoms with Crippen LogP contribution in [-0.4, -0.2) is 16.0 Å². The fourth-order valence-corrected chi connectivity index (χ4v) is 2.39. The van der Waals surface area contributed by atoms with E-state index in [1.54, 1.807) is 0 Å². The molecule has 0 unspecified atom stereocenters. The summed E-state index contributed by atoms with van der Waals surface area (Å²) in [5.74, 6) is -1.53. The number of rotatable bonds is 9. The van der Waals surface area contributed by atoms with Crippen LogP contribution in [0.5, 0.6) is 0 Å². The van der Waals surface area contributed by atoms with Gasteiger partial charge in [-0.25, -0.2) is 4.98 Å². The summed E-state index contributed by atoms with van der Waals surface area (Å²) in [6.45, 7) is 0. The van der Waals surface area contributed by atoms with Gasteiger partial charge in [-0.1, -0.05) is 48.8 Å². The molecule has 146 valence electrons. The van der Waals surface area contributed by atoms with Crippen molar-refractivity contribution in [1.29, 1.82) is 0 Å². The second-order valence-corrected chi connectivity index (χ2v) is 6.03. The Bertz CT molecular complexity index is 1480. The lowest BCUT2D eigenvalue weighted by Crippen LogP contribution is -2.14. The van der Waals surface area contributed by atoms with Gasteiger partial charge in [0.1, 0.15) is 0 Å². The number of hydrogen-bond acceptors (Lipinski definition) is 5. The van der Waals surface area contributed by atoms with Crippen LogP contribution >= 0.6 is 11.3 Å². The molecule has 1 aromatic heterocycles. The van der Waals surface area contributed by atoms with E-state index in [-0.39, 0.29) is 10.7 Å². The summed E-state index contributed by atoms with van der Waals surface area (Å²) in [6.07, 6.45) is -17.4. The van der Waals surface area contributed by atoms with Gasteiger partial charge in [0.05, 0.1) is 26.4 Å². The Morgan fingerprint density at radius 3 is 2.75 bits per heavy atom. The van der Waals surface area contributed by atoms with Crippen LogP contribution in [0.4, 0.5) is 10.8 Å². The first kappa shape index (κ1) is 8.76. The Morgan fingerprint density at radius 1 is 1.32 bits per heavy atom. The van der Waals surface area contributed by atoms with Crippen molar-refractivity contribution in [3.63, 3.8) is 0 Å². The number of aromatic nitrogens is 1. The maximum Gasteiger partial charge on any atom is 0.230 e. The van der Waals surface area contributed by atoms with Crippen LogP contribution in [0.3, 0.4) is 0 Å². The number of nitrogen functional groups attached to an aromatic ring is 1. The third kappa shape index (κ3) is 6.18. The molecule has 1 amide bonds. The molecule has 0 fully saturated rings. The average molecular weight is 410 g/mol. The highest BCUT2D eigenvalue weighted by Gasteiger charge is 2.08. The van der Waals surface area contributed by atoms with Crippen molar-refractivity contribution in [2.45, 2.75) is 38.0 Å². The van der Waals surface area contributed by atoms with E-state index in [1.807, 2.05) is 5.32 Å². The molecular formula is C22H25N3O2S. The van der Waals surface area contributed by atoms with Crippen LogP contribution < -0.4 is 11.1 Å². The number of nitrogens with one attached hydrogen (secondary N) is 1. The van der Waals surface area contributed by atoms with Crippen LogP contribution in [-0.2, 0) is 17.5 Å². The minimum atomic E-state index is -3.44. The molecule has 0 aliphatic heterocycles. The van der Waals surface area contributed by atoms with E-state index in [0.29, 0.717) is 11.3 Å². The van der Waals surface area contributed by atoms with Gasteiger partial charge in [-0.15, -0.1) is 11.3 Å². The molecule has 0 aliphatic carbocycles. The van der Waals surface area contributed by atoms with E-state index in [0.717, 1.165) is 0 Å². The molecule has 0 spiro atoms. The number of thiazole rings is 1. The zero-order chi connectivity index (χ0) is 32.2. The first-order chi connectivity index (χ1) is 19.0. The SMILES string of the molecule is [2H]c1sc(N)nc1C([2H])([2H])C(=O)Nc1c([2H])c([2H])c(C([2H])([2H])C([2H])([2H])CC([2H])([2H])[C@]([2H])(O)c2ccccc2)c([2H])c1[2H]. The second kappa shape index (κ2) is 10.0. The van der Waals surface area contributed by atoms with Crippen LogP contribution in [0, 0.1) is 0 Å². The number of anilines is 2. The summed E-state index contributed by atoms with van der Waals surface area (Å²) >= 11 is 0.590. The highest BCUT2D eigenvalue weighted by Crippen LogP contribution is 2.20. The molecule has 5 nitrogen and oxygen atoms in total. The van der Waals surface area contributed by atoms with Crippen molar-refractivity contribution in [3.05, 3.63) is 76.7 Å². The zero-order valence-electron chi connectivity index (χ0n) is 28.4. The van der Waals surface area contributed by atoms with Crippen LogP contribution in [0.25, 0.3) is 0 Å². The lowest BCUT2D eigenvalue weighted by molar-refractivity contribution is -0.115. The Hall–Kier alpha value is -2.70. The molecule has 1 heterocycles. The molecule has 3 rings (SSSR count). The van der Waals surface area contributed by atoms with E-state index in [2.05, 4.69) is 4.98 Å². The molecular weight excluding hydrogens is 370 g/mol. The monoisotopic (exact) mass is 409 g/mol. The van der Waals surface area contributed by atoms with Gasteiger partial charge in [-0.2, -0.15) is 0 Å². The topological polar surface area (TPSA) is 88.2 Å². The lowest BCUT2D eigenvalue weighted by atomic mass is 10.0. The van der Waals surface area contributed by atoms with Gasteiger partial charge in [-0.3, -0.25) is 4.79 Å². The van der Waals surface area contributed by atoms with Crippen molar-refractivity contribution >= 4 is 28.1 Å². The molecule has 4 N–H and O–H groups in total. The predicted octanol–water partition coefficient (Wildman–Crippen LogP) is 4.35. The van der Waals surface area contributed by atoms with Gasteiger partial charge in [0.2, 0.25) is 5.91 Å². The fraction of sp³-hybridized carbons (Fsp3) is 0.273. The summed E-state index contributed by atoms with van der Waals surface area (Å²) in [6, 6.07) is 2.38. The number of aliphatic hydroxyl groups is 1. The molecule has 0 radical (unpaired) electrons. The van der Waals surface area contributed by atoms with Crippen LogP contribution in [0.1, 0.15) is 61.3 Å². The van der Waals surface area contributed by atoms with E-state index < -0.39 is 90.4 Å². The molecule has 6 heteroatoms. The first-order valence-electron chi connectivity index (χ1n) is 14.9. The standard InChI is InChI=1S/C22H25N3O2S/c23-22-25-19(15-28-22)14-21(27)24-18-12-10-16(11-13-18)6-4-5-9-20(26)17-7-2-1-3-8-17/h1-3,7-8,10-13,15,20,26H,4-6,9,14H2,(H2,23,25)(H,24,27)/t20-/m0/s1/i4D2,6D2,9D2,10D,11D,12D,13D,14D2,15D,20D. The smallest absolute Gasteiger partial charge is 0.230 e. The lowest BCUT2D eigenvalue weighted by Gasteiger charge is -2.10. The van der Waals surface area contributed by atoms with Gasteiger partial charge in [0.25, 0.3) is 0 Å². The predicted molar refractivity (Wildman–Crippen MR) is 114 cm³/mol. The highest BCUT2D eigenvalue weighted by molar-refractivity contribution is 7.13. The number of amides is 1. The third-order valence-electron chi connectivity index (χ3n) is 3.17. The maximum absolute atomic E-state index is 12.8. The van der Waals surface area contributed by atoms with Crippen molar-refractivity contribution in [1.82, 2.24) is 4.98 Å². The number of nitrogens with two attached hydrogens (primary N) is 1. The number of carbonyl (C=O) groups excluding carboxylic acids is 1. The van der Waals surface area contributed by atoms with Crippen molar-refractivity contribution in [2.75, 3.05) is 11.1 Å². The van der Waals surface area contributed by atoms with Crippen molar-refractivity contribution < 1.29 is 29.1 Å².